The van der Waals surface area contributed by atoms with Crippen LogP contribution in [0.25, 0.3) is 0 Å². The van der Waals surface area contributed by atoms with Crippen LogP contribution in [0.1, 0.15) is 12.0 Å². The molecule has 0 radical (unpaired) electrons. The van der Waals surface area contributed by atoms with E-state index in [1.54, 1.807) is 12.1 Å². The van der Waals surface area contributed by atoms with Crippen LogP contribution in [0.15, 0.2) is 36.0 Å². The molecule has 0 aromatic heterocycles. The van der Waals surface area contributed by atoms with Crippen molar-refractivity contribution in [3.05, 3.63) is 51.7 Å². The minimum Gasteiger partial charge on any atom is -0.303 e. The summed E-state index contributed by atoms with van der Waals surface area (Å²) in [7, 11) is 2.06. The quantitative estimate of drug-likeness (QED) is 0.582. The Morgan fingerprint density at radius 1 is 1.39 bits per heavy atom. The number of nitro groups is 1. The largest absolute Gasteiger partial charge is 0.303 e. The van der Waals surface area contributed by atoms with Gasteiger partial charge in [0.2, 0.25) is 5.91 Å². The molecule has 1 aromatic rings. The molecule has 0 atom stereocenters. The molecule has 0 fully saturated rings. The summed E-state index contributed by atoms with van der Waals surface area (Å²) in [5.41, 5.74) is 7.72. The van der Waals surface area contributed by atoms with E-state index in [1.807, 2.05) is 0 Å². The molecule has 1 heterocycles. The third-order valence-electron chi connectivity index (χ3n) is 3.42. The second kappa shape index (κ2) is 8.54. The lowest BCUT2D eigenvalue weighted by molar-refractivity contribution is -0.384. The number of nitrogens with one attached hydrogen (secondary N) is 2. The highest BCUT2D eigenvalue weighted by atomic mass is 32.2. The van der Waals surface area contributed by atoms with Crippen molar-refractivity contribution < 1.29 is 9.72 Å². The van der Waals surface area contributed by atoms with Crippen molar-refractivity contribution in [1.29, 1.82) is 0 Å². The Morgan fingerprint density at radius 2 is 2.13 bits per heavy atom. The first-order chi connectivity index (χ1) is 11.0. The number of nitro benzene ring substituents is 1. The summed E-state index contributed by atoms with van der Waals surface area (Å²) in [4.78, 5) is 24.1. The van der Waals surface area contributed by atoms with Gasteiger partial charge in [-0.05, 0) is 18.7 Å². The van der Waals surface area contributed by atoms with Crippen LogP contribution in [0.3, 0.4) is 0 Å². The van der Waals surface area contributed by atoms with E-state index in [4.69, 9.17) is 0 Å². The summed E-state index contributed by atoms with van der Waals surface area (Å²) in [5.74, 6) is 0.882. The SMILES string of the molecule is CN1CC=C(NNC(=O)CSCc2ccc([N+](=O)[O-])cc2)CC1. The fourth-order valence-electron chi connectivity index (χ4n) is 2.05. The van der Waals surface area contributed by atoms with Crippen molar-refractivity contribution in [3.63, 3.8) is 0 Å². The van der Waals surface area contributed by atoms with Crippen LogP contribution >= 0.6 is 11.8 Å². The zero-order valence-electron chi connectivity index (χ0n) is 12.9. The van der Waals surface area contributed by atoms with Crippen molar-refractivity contribution >= 4 is 23.4 Å². The molecular formula is C15H20N4O3S. The Kier molecular flexibility index (Phi) is 6.42. The number of amides is 1. The van der Waals surface area contributed by atoms with Crippen LogP contribution in [0.4, 0.5) is 5.69 Å². The maximum atomic E-state index is 11.8. The number of hydrazine groups is 1. The second-order valence-corrected chi connectivity index (χ2v) is 6.32. The molecule has 124 valence electrons. The molecule has 0 aliphatic carbocycles. The number of benzene rings is 1. The number of hydrogen-bond donors (Lipinski definition) is 2. The molecule has 2 rings (SSSR count). The van der Waals surface area contributed by atoms with Crippen LogP contribution in [-0.4, -0.2) is 41.6 Å². The molecular weight excluding hydrogens is 316 g/mol. The fourth-order valence-corrected chi connectivity index (χ4v) is 2.83. The molecule has 1 aromatic carbocycles. The van der Waals surface area contributed by atoms with Gasteiger partial charge in [0.05, 0.1) is 10.7 Å². The number of rotatable bonds is 7. The monoisotopic (exact) mass is 336 g/mol. The van der Waals surface area contributed by atoms with E-state index in [0.29, 0.717) is 11.5 Å². The van der Waals surface area contributed by atoms with Gasteiger partial charge in [0, 0.05) is 43.1 Å². The Morgan fingerprint density at radius 3 is 2.74 bits per heavy atom. The first-order valence-corrected chi connectivity index (χ1v) is 8.43. The molecule has 0 saturated heterocycles. The minimum atomic E-state index is -0.423. The van der Waals surface area contributed by atoms with Crippen LogP contribution < -0.4 is 10.9 Å². The summed E-state index contributed by atoms with van der Waals surface area (Å²) in [6, 6.07) is 6.38. The highest BCUT2D eigenvalue weighted by Gasteiger charge is 2.09. The number of carbonyl (C=O) groups excluding carboxylic acids is 1. The van der Waals surface area contributed by atoms with Crippen molar-refractivity contribution in [2.45, 2.75) is 12.2 Å². The van der Waals surface area contributed by atoms with Crippen LogP contribution in [0.5, 0.6) is 0 Å². The Bertz CT molecular complexity index is 589. The molecule has 0 saturated carbocycles. The summed E-state index contributed by atoms with van der Waals surface area (Å²) < 4.78 is 0. The number of hydrogen-bond acceptors (Lipinski definition) is 6. The summed E-state index contributed by atoms with van der Waals surface area (Å²) >= 11 is 1.47. The molecule has 1 aliphatic rings. The average molecular weight is 336 g/mol. The maximum Gasteiger partial charge on any atom is 0.269 e. The van der Waals surface area contributed by atoms with Gasteiger partial charge in [-0.2, -0.15) is 0 Å². The lowest BCUT2D eigenvalue weighted by Gasteiger charge is -2.22. The number of likely N-dealkylation sites (N-methyl/N-ethyl adjacent to an activating group) is 1. The number of nitrogens with zero attached hydrogens (tertiary/aromatic N) is 2. The Labute approximate surface area is 139 Å². The molecule has 0 spiro atoms. The van der Waals surface area contributed by atoms with Gasteiger partial charge >= 0.3 is 0 Å². The Balaban J connectivity index is 1.65. The van der Waals surface area contributed by atoms with Crippen molar-refractivity contribution in [3.8, 4) is 0 Å². The standard InChI is InChI=1S/C15H20N4O3S/c1-18-8-6-13(7-9-18)16-17-15(20)11-23-10-12-2-4-14(5-3-12)19(21)22/h2-6,16H,7-11H2,1H3,(H,17,20). The lowest BCUT2D eigenvalue weighted by atomic mass is 10.2. The first-order valence-electron chi connectivity index (χ1n) is 7.28. The molecule has 8 heteroatoms. The Hall–Kier alpha value is -2.06. The van der Waals surface area contributed by atoms with Gasteiger partial charge in [-0.15, -0.1) is 11.8 Å². The van der Waals surface area contributed by atoms with E-state index in [2.05, 4.69) is 28.9 Å². The molecule has 1 aliphatic heterocycles. The summed E-state index contributed by atoms with van der Waals surface area (Å²) in [6.45, 7) is 1.86. The molecule has 0 unspecified atom stereocenters. The van der Waals surface area contributed by atoms with E-state index in [1.165, 1.54) is 23.9 Å². The van der Waals surface area contributed by atoms with Gasteiger partial charge in [-0.25, -0.2) is 0 Å². The summed E-state index contributed by atoms with van der Waals surface area (Å²) in [6.07, 6.45) is 2.96. The van der Waals surface area contributed by atoms with E-state index >= 15 is 0 Å². The van der Waals surface area contributed by atoms with Crippen molar-refractivity contribution in [2.75, 3.05) is 25.9 Å². The van der Waals surface area contributed by atoms with Gasteiger partial charge in [-0.3, -0.25) is 20.3 Å². The topological polar surface area (TPSA) is 87.5 Å². The van der Waals surface area contributed by atoms with Crippen molar-refractivity contribution in [2.24, 2.45) is 0 Å². The highest BCUT2D eigenvalue weighted by Crippen LogP contribution is 2.16. The van der Waals surface area contributed by atoms with Gasteiger partial charge in [0.15, 0.2) is 0 Å². The van der Waals surface area contributed by atoms with E-state index in [0.717, 1.165) is 30.8 Å². The minimum absolute atomic E-state index is 0.0760. The molecule has 7 nitrogen and oxygen atoms in total. The number of non-ortho nitro benzene ring substituents is 1. The van der Waals surface area contributed by atoms with E-state index in [-0.39, 0.29) is 11.6 Å². The fraction of sp³-hybridized carbons (Fsp3) is 0.400. The first kappa shape index (κ1) is 17.3. The third kappa shape index (κ3) is 5.91. The van der Waals surface area contributed by atoms with Gasteiger partial charge in [0.25, 0.3) is 5.69 Å². The molecule has 2 N–H and O–H groups in total. The van der Waals surface area contributed by atoms with Crippen LogP contribution in [0, 0.1) is 10.1 Å². The van der Waals surface area contributed by atoms with E-state index < -0.39 is 4.92 Å². The third-order valence-corrected chi connectivity index (χ3v) is 4.43. The summed E-state index contributed by atoms with van der Waals surface area (Å²) in [5, 5.41) is 10.6. The normalized spacial score (nSPS) is 14.9. The van der Waals surface area contributed by atoms with E-state index in [9.17, 15) is 14.9 Å². The number of thioether (sulfide) groups is 1. The molecule has 23 heavy (non-hydrogen) atoms. The predicted molar refractivity (Wildman–Crippen MR) is 90.7 cm³/mol. The smallest absolute Gasteiger partial charge is 0.269 e. The van der Waals surface area contributed by atoms with Crippen LogP contribution in [0.2, 0.25) is 0 Å². The number of carbonyl (C=O) groups is 1. The second-order valence-electron chi connectivity index (χ2n) is 5.33. The predicted octanol–water partition coefficient (Wildman–Crippen LogP) is 1.67. The molecule has 0 bridgehead atoms. The highest BCUT2D eigenvalue weighted by molar-refractivity contribution is 7.99. The zero-order valence-corrected chi connectivity index (χ0v) is 13.8. The average Bonchev–Trinajstić information content (AvgIpc) is 2.55. The van der Waals surface area contributed by atoms with Gasteiger partial charge in [0.1, 0.15) is 0 Å². The van der Waals surface area contributed by atoms with Crippen molar-refractivity contribution in [1.82, 2.24) is 15.8 Å². The van der Waals surface area contributed by atoms with Crippen LogP contribution in [-0.2, 0) is 10.5 Å². The molecule has 1 amide bonds. The zero-order chi connectivity index (χ0) is 16.7. The van der Waals surface area contributed by atoms with Gasteiger partial charge < -0.3 is 10.3 Å². The lowest BCUT2D eigenvalue weighted by Crippen LogP contribution is -2.40. The maximum absolute atomic E-state index is 11.8. The van der Waals surface area contributed by atoms with Gasteiger partial charge in [-0.1, -0.05) is 12.1 Å².